The predicted molar refractivity (Wildman–Crippen MR) is 138 cm³/mol. The minimum atomic E-state index is -1.12. The average molecular weight is 520 g/mol. The number of ketones is 1. The normalized spacial score (nSPS) is 17.2. The highest BCUT2D eigenvalue weighted by Crippen LogP contribution is 2.45. The van der Waals surface area contributed by atoms with Crippen LogP contribution in [0.25, 0.3) is 16.0 Å². The number of halogens is 1. The highest BCUT2D eigenvalue weighted by Gasteiger charge is 2.48. The van der Waals surface area contributed by atoms with E-state index in [4.69, 9.17) is 11.6 Å². The van der Waals surface area contributed by atoms with E-state index in [0.29, 0.717) is 16.1 Å². The van der Waals surface area contributed by atoms with E-state index in [9.17, 15) is 24.8 Å². The Kier molecular flexibility index (Phi) is 6.03. The molecule has 2 heterocycles. The highest BCUT2D eigenvalue weighted by atomic mass is 35.5. The molecule has 0 saturated carbocycles. The molecule has 8 nitrogen and oxygen atoms in total. The summed E-state index contributed by atoms with van der Waals surface area (Å²) in [6.07, 6.45) is 0.822. The molecule has 5 rings (SSSR count). The van der Waals surface area contributed by atoms with Crippen LogP contribution < -0.4 is 4.90 Å². The largest absolute Gasteiger partial charge is 0.507 e. The molecule has 0 unspecified atom stereocenters. The van der Waals surface area contributed by atoms with E-state index < -0.39 is 28.4 Å². The van der Waals surface area contributed by atoms with Crippen molar-refractivity contribution in [1.29, 1.82) is 0 Å². The Morgan fingerprint density at radius 2 is 1.89 bits per heavy atom. The number of aromatic nitrogens is 1. The molecule has 1 amide bonds. The molecule has 4 aromatic rings. The molecule has 0 radical (unpaired) electrons. The van der Waals surface area contributed by atoms with Crippen molar-refractivity contribution < 1.29 is 19.6 Å². The van der Waals surface area contributed by atoms with Gasteiger partial charge in [-0.1, -0.05) is 48.1 Å². The van der Waals surface area contributed by atoms with E-state index in [1.54, 1.807) is 18.2 Å². The minimum absolute atomic E-state index is 0.184. The number of hydrogen-bond donors (Lipinski definition) is 1. The van der Waals surface area contributed by atoms with Gasteiger partial charge in [-0.25, -0.2) is 4.98 Å². The average Bonchev–Trinajstić information content (AvgIpc) is 3.41. The van der Waals surface area contributed by atoms with Crippen LogP contribution in [0, 0.1) is 10.1 Å². The van der Waals surface area contributed by atoms with Crippen molar-refractivity contribution in [2.75, 3.05) is 4.90 Å². The Balaban J connectivity index is 1.74. The van der Waals surface area contributed by atoms with Crippen LogP contribution in [0.4, 0.5) is 10.8 Å². The quantitative estimate of drug-likeness (QED) is 0.113. The number of anilines is 1. The number of fused-ring (bicyclic) bond motifs is 1. The maximum Gasteiger partial charge on any atom is 0.301 e. The van der Waals surface area contributed by atoms with Gasteiger partial charge < -0.3 is 5.11 Å². The predicted octanol–water partition coefficient (Wildman–Crippen LogP) is 6.05. The molecule has 1 N–H and O–H groups in total. The van der Waals surface area contributed by atoms with Crippen LogP contribution in [0.15, 0.2) is 72.3 Å². The van der Waals surface area contributed by atoms with Crippen LogP contribution in [-0.4, -0.2) is 26.7 Å². The number of carbonyl (C=O) groups excluding carboxylic acids is 2. The number of thiazole rings is 1. The topological polar surface area (TPSA) is 114 Å². The molecule has 0 bridgehead atoms. The molecule has 180 valence electrons. The number of nitrogens with zero attached hydrogens (tertiary/aromatic N) is 3. The fourth-order valence-electron chi connectivity index (χ4n) is 4.20. The molecule has 1 aliphatic rings. The number of nitro groups is 1. The SMILES string of the molecule is CCc1ccc2nc(N3C(=O)C(=O)/C(=C(/O)c4ccc(Cl)cc4)[C@H]3c3cccc([N+](=O)[O-])c3)sc2c1. The summed E-state index contributed by atoms with van der Waals surface area (Å²) in [5.74, 6) is -2.19. The van der Waals surface area contributed by atoms with Crippen LogP contribution in [0.5, 0.6) is 0 Å². The van der Waals surface area contributed by atoms with E-state index in [2.05, 4.69) is 4.98 Å². The first-order chi connectivity index (χ1) is 17.3. The van der Waals surface area contributed by atoms with Gasteiger partial charge in [0.15, 0.2) is 5.13 Å². The second kappa shape index (κ2) is 9.18. The first-order valence-corrected chi connectivity index (χ1v) is 12.2. The van der Waals surface area contributed by atoms with Gasteiger partial charge in [0.1, 0.15) is 5.76 Å². The van der Waals surface area contributed by atoms with Gasteiger partial charge in [0.2, 0.25) is 0 Å². The summed E-state index contributed by atoms with van der Waals surface area (Å²) in [6.45, 7) is 2.03. The van der Waals surface area contributed by atoms with Gasteiger partial charge in [-0.15, -0.1) is 0 Å². The minimum Gasteiger partial charge on any atom is -0.507 e. The molecule has 1 aliphatic heterocycles. The van der Waals surface area contributed by atoms with Gasteiger partial charge >= 0.3 is 5.91 Å². The lowest BCUT2D eigenvalue weighted by atomic mass is 9.95. The molecule has 1 aromatic heterocycles. The summed E-state index contributed by atoms with van der Waals surface area (Å²) in [6, 6.07) is 16.5. The third-order valence-electron chi connectivity index (χ3n) is 6.01. The lowest BCUT2D eigenvalue weighted by molar-refractivity contribution is -0.384. The number of nitro benzene ring substituents is 1. The number of Topliss-reactive ketones (excluding diaryl/α,β-unsaturated/α-hetero) is 1. The fraction of sp³-hybridized carbons (Fsp3) is 0.115. The molecule has 10 heteroatoms. The number of amides is 1. The molecular weight excluding hydrogens is 502 g/mol. The van der Waals surface area contributed by atoms with E-state index in [1.165, 1.54) is 46.6 Å². The van der Waals surface area contributed by atoms with Gasteiger partial charge in [0.05, 0.1) is 26.8 Å². The van der Waals surface area contributed by atoms with E-state index in [-0.39, 0.29) is 22.0 Å². The number of rotatable bonds is 5. The standard InChI is InChI=1S/C26H18ClN3O5S/c1-2-14-6-11-19-20(12-14)36-26(28-19)29-22(16-4-3-5-18(13-16)30(34)35)21(24(32)25(29)33)23(31)15-7-9-17(27)10-8-15/h3-13,22,31H,2H2,1H3/b23-21+/t22-/m1/s1. The Morgan fingerprint density at radius 3 is 2.58 bits per heavy atom. The zero-order valence-corrected chi connectivity index (χ0v) is 20.4. The van der Waals surface area contributed by atoms with E-state index in [0.717, 1.165) is 16.7 Å². The molecule has 1 atom stereocenters. The number of benzene rings is 3. The molecular formula is C26H18ClN3O5S. The van der Waals surface area contributed by atoms with E-state index >= 15 is 0 Å². The Bertz CT molecular complexity index is 1580. The van der Waals surface area contributed by atoms with Crippen molar-refractivity contribution >= 4 is 61.4 Å². The second-order valence-electron chi connectivity index (χ2n) is 8.18. The van der Waals surface area contributed by atoms with Crippen LogP contribution in [0.1, 0.15) is 29.7 Å². The first kappa shape index (κ1) is 23.7. The summed E-state index contributed by atoms with van der Waals surface area (Å²) in [5, 5.41) is 23.3. The Labute approximate surface area is 214 Å². The summed E-state index contributed by atoms with van der Waals surface area (Å²) in [4.78, 5) is 43.3. The summed E-state index contributed by atoms with van der Waals surface area (Å²) >= 11 is 7.20. The molecule has 0 spiro atoms. The van der Waals surface area contributed by atoms with Crippen LogP contribution >= 0.6 is 22.9 Å². The number of carbonyl (C=O) groups is 2. The van der Waals surface area contributed by atoms with Crippen molar-refractivity contribution in [1.82, 2.24) is 4.98 Å². The van der Waals surface area contributed by atoms with Crippen molar-refractivity contribution in [2.45, 2.75) is 19.4 Å². The number of aryl methyl sites for hydroxylation is 1. The third-order valence-corrected chi connectivity index (χ3v) is 7.28. The van der Waals surface area contributed by atoms with Crippen molar-refractivity contribution in [2.24, 2.45) is 0 Å². The monoisotopic (exact) mass is 519 g/mol. The maximum atomic E-state index is 13.4. The van der Waals surface area contributed by atoms with Crippen molar-refractivity contribution in [3.63, 3.8) is 0 Å². The van der Waals surface area contributed by atoms with Gasteiger partial charge in [-0.2, -0.15) is 0 Å². The second-order valence-corrected chi connectivity index (χ2v) is 9.63. The van der Waals surface area contributed by atoms with Gasteiger partial charge in [0, 0.05) is 22.7 Å². The van der Waals surface area contributed by atoms with Crippen LogP contribution in [0.2, 0.25) is 5.02 Å². The third kappa shape index (κ3) is 4.02. The van der Waals surface area contributed by atoms with Gasteiger partial charge in [-0.3, -0.25) is 24.6 Å². The highest BCUT2D eigenvalue weighted by molar-refractivity contribution is 7.22. The van der Waals surface area contributed by atoms with Crippen molar-refractivity contribution in [3.8, 4) is 0 Å². The number of aliphatic hydroxyl groups excluding tert-OH is 1. The Hall–Kier alpha value is -4.08. The number of non-ortho nitro benzene ring substituents is 1. The molecule has 1 fully saturated rings. The van der Waals surface area contributed by atoms with Crippen LogP contribution in [-0.2, 0) is 16.0 Å². The first-order valence-electron chi connectivity index (χ1n) is 11.0. The lowest BCUT2D eigenvalue weighted by Gasteiger charge is -2.22. The van der Waals surface area contributed by atoms with E-state index in [1.807, 2.05) is 25.1 Å². The van der Waals surface area contributed by atoms with Crippen molar-refractivity contribution in [3.05, 3.63) is 104 Å². The lowest BCUT2D eigenvalue weighted by Crippen LogP contribution is -2.29. The molecule has 0 aliphatic carbocycles. The smallest absolute Gasteiger partial charge is 0.301 e. The Morgan fingerprint density at radius 1 is 1.14 bits per heavy atom. The summed E-state index contributed by atoms with van der Waals surface area (Å²) < 4.78 is 0.835. The number of hydrogen-bond acceptors (Lipinski definition) is 7. The zero-order chi connectivity index (χ0) is 25.6. The fourth-order valence-corrected chi connectivity index (χ4v) is 5.38. The van der Waals surface area contributed by atoms with Gasteiger partial charge in [-0.05, 0) is 53.9 Å². The van der Waals surface area contributed by atoms with Crippen LogP contribution in [0.3, 0.4) is 0 Å². The molecule has 1 saturated heterocycles. The maximum absolute atomic E-state index is 13.4. The molecule has 3 aromatic carbocycles. The summed E-state index contributed by atoms with van der Waals surface area (Å²) in [5.41, 5.74) is 1.94. The zero-order valence-electron chi connectivity index (χ0n) is 18.8. The van der Waals surface area contributed by atoms with Gasteiger partial charge in [0.25, 0.3) is 11.5 Å². The molecule has 36 heavy (non-hydrogen) atoms. The summed E-state index contributed by atoms with van der Waals surface area (Å²) in [7, 11) is 0. The number of aliphatic hydroxyl groups is 1.